The number of sulfonamides is 1. The average molecular weight is 429 g/mol. The Kier molecular flexibility index (Phi) is 5.00. The Morgan fingerprint density at radius 2 is 2.11 bits per heavy atom. The van der Waals surface area contributed by atoms with E-state index in [2.05, 4.69) is 4.72 Å². The van der Waals surface area contributed by atoms with E-state index in [4.69, 9.17) is 11.6 Å². The minimum atomic E-state index is -3.52. The number of benzene rings is 1. The predicted molar refractivity (Wildman–Crippen MR) is 102 cm³/mol. The first kappa shape index (κ1) is 18.9. The third-order valence-electron chi connectivity index (χ3n) is 5.32. The molecule has 1 aliphatic heterocycles. The molecule has 1 aliphatic carbocycles. The van der Waals surface area contributed by atoms with Crippen molar-refractivity contribution >= 4 is 38.9 Å². The topological polar surface area (TPSA) is 66.5 Å². The molecule has 27 heavy (non-hydrogen) atoms. The zero-order valence-electron chi connectivity index (χ0n) is 14.3. The summed E-state index contributed by atoms with van der Waals surface area (Å²) in [5.41, 5.74) is 0.210. The van der Waals surface area contributed by atoms with Crippen LogP contribution in [0.25, 0.3) is 0 Å². The number of likely N-dealkylation sites (tertiary alicyclic amines) is 1. The highest BCUT2D eigenvalue weighted by Gasteiger charge is 2.47. The van der Waals surface area contributed by atoms with Gasteiger partial charge in [-0.15, -0.1) is 11.3 Å². The maximum Gasteiger partial charge on any atom is 0.250 e. The van der Waals surface area contributed by atoms with E-state index in [1.807, 2.05) is 0 Å². The van der Waals surface area contributed by atoms with Crippen LogP contribution in [-0.2, 0) is 21.2 Å². The monoisotopic (exact) mass is 428 g/mol. The summed E-state index contributed by atoms with van der Waals surface area (Å²) in [6, 6.07) is 7.45. The van der Waals surface area contributed by atoms with Crippen LogP contribution in [-0.4, -0.2) is 37.9 Å². The lowest BCUT2D eigenvalue weighted by Gasteiger charge is -2.32. The Balaban J connectivity index is 1.41. The molecule has 1 saturated heterocycles. The number of nitrogens with one attached hydrogen (secondary N) is 1. The third-order valence-corrected chi connectivity index (χ3v) is 8.56. The van der Waals surface area contributed by atoms with Crippen molar-refractivity contribution in [2.45, 2.75) is 35.6 Å². The molecule has 1 saturated carbocycles. The summed E-state index contributed by atoms with van der Waals surface area (Å²) in [6.45, 7) is 0.479. The van der Waals surface area contributed by atoms with Gasteiger partial charge < -0.3 is 4.90 Å². The normalized spacial score (nSPS) is 24.5. The molecule has 2 aromatic rings. The van der Waals surface area contributed by atoms with Crippen molar-refractivity contribution in [2.75, 3.05) is 6.54 Å². The number of carbonyl (C=O) groups is 1. The molecule has 2 heterocycles. The van der Waals surface area contributed by atoms with Crippen molar-refractivity contribution in [3.63, 3.8) is 0 Å². The van der Waals surface area contributed by atoms with Gasteiger partial charge in [-0.05, 0) is 42.3 Å². The number of fused-ring (bicyclic) bond motifs is 2. The Labute approximate surface area is 166 Å². The van der Waals surface area contributed by atoms with Crippen LogP contribution >= 0.6 is 22.9 Å². The Hall–Kier alpha value is -1.48. The van der Waals surface area contributed by atoms with Crippen LogP contribution in [0.2, 0.25) is 5.02 Å². The predicted octanol–water partition coefficient (Wildman–Crippen LogP) is 3.05. The fourth-order valence-electron chi connectivity index (χ4n) is 4.03. The molecular weight excluding hydrogens is 411 g/mol. The third kappa shape index (κ3) is 3.63. The van der Waals surface area contributed by atoms with Crippen molar-refractivity contribution in [3.8, 4) is 0 Å². The molecule has 2 aliphatic rings. The van der Waals surface area contributed by atoms with Crippen molar-refractivity contribution in [1.29, 1.82) is 0 Å². The van der Waals surface area contributed by atoms with Gasteiger partial charge in [0.15, 0.2) is 0 Å². The van der Waals surface area contributed by atoms with E-state index in [-0.39, 0.29) is 40.9 Å². The highest BCUT2D eigenvalue weighted by molar-refractivity contribution is 7.91. The molecular formula is C18H18ClFN2O3S2. The van der Waals surface area contributed by atoms with E-state index in [0.717, 1.165) is 6.42 Å². The van der Waals surface area contributed by atoms with Crippen LogP contribution in [0.15, 0.2) is 39.9 Å². The molecule has 1 aromatic heterocycles. The zero-order valence-corrected chi connectivity index (χ0v) is 16.7. The van der Waals surface area contributed by atoms with Crippen LogP contribution in [0.5, 0.6) is 0 Å². The SMILES string of the molecule is O=C(Cc1c(F)cccc1Cl)N1C[C@@H]2C[C@H]1C[C@@H]2NS(=O)(=O)c1cccs1. The minimum Gasteiger partial charge on any atom is -0.339 e. The Morgan fingerprint density at radius 1 is 1.30 bits per heavy atom. The van der Waals surface area contributed by atoms with Gasteiger partial charge in [0, 0.05) is 29.2 Å². The van der Waals surface area contributed by atoms with E-state index < -0.39 is 15.8 Å². The first-order valence-electron chi connectivity index (χ1n) is 8.63. The standard InChI is InChI=1S/C18H18ClFN2O3S2/c19-14-3-1-4-15(20)13(14)9-17(23)22-10-11-7-12(22)8-16(11)21-27(24,25)18-5-2-6-26-18/h1-6,11-12,16,21H,7-10H2/t11-,12-,16-/m0/s1. The van der Waals surface area contributed by atoms with E-state index in [1.165, 1.54) is 23.5 Å². The largest absolute Gasteiger partial charge is 0.339 e. The van der Waals surface area contributed by atoms with Gasteiger partial charge in [0.2, 0.25) is 15.9 Å². The second kappa shape index (κ2) is 7.16. The van der Waals surface area contributed by atoms with Crippen molar-refractivity contribution in [2.24, 2.45) is 5.92 Å². The summed E-state index contributed by atoms with van der Waals surface area (Å²) in [4.78, 5) is 14.4. The average Bonchev–Trinajstić information content (AvgIpc) is 3.34. The molecule has 3 atom stereocenters. The molecule has 2 fully saturated rings. The molecule has 2 bridgehead atoms. The number of hydrogen-bond donors (Lipinski definition) is 1. The summed E-state index contributed by atoms with van der Waals surface area (Å²) in [6.07, 6.45) is 1.25. The number of carbonyl (C=O) groups excluding carboxylic acids is 1. The fraction of sp³-hybridized carbons (Fsp3) is 0.389. The number of hydrogen-bond acceptors (Lipinski definition) is 4. The maximum absolute atomic E-state index is 13.9. The lowest BCUT2D eigenvalue weighted by molar-refractivity contribution is -0.132. The van der Waals surface area contributed by atoms with E-state index in [0.29, 0.717) is 17.2 Å². The molecule has 1 N–H and O–H groups in total. The molecule has 1 aromatic carbocycles. The molecule has 4 rings (SSSR count). The van der Waals surface area contributed by atoms with E-state index in [9.17, 15) is 17.6 Å². The number of piperidine rings is 1. The smallest absolute Gasteiger partial charge is 0.250 e. The zero-order chi connectivity index (χ0) is 19.2. The Bertz CT molecular complexity index is 945. The van der Waals surface area contributed by atoms with Gasteiger partial charge in [0.05, 0.1) is 6.42 Å². The number of halogens is 2. The fourth-order valence-corrected chi connectivity index (χ4v) is 6.59. The number of amides is 1. The van der Waals surface area contributed by atoms with Crippen LogP contribution in [0.4, 0.5) is 4.39 Å². The molecule has 1 amide bonds. The van der Waals surface area contributed by atoms with Gasteiger partial charge in [-0.3, -0.25) is 4.79 Å². The van der Waals surface area contributed by atoms with Gasteiger partial charge >= 0.3 is 0 Å². The molecule has 9 heteroatoms. The molecule has 0 spiro atoms. The summed E-state index contributed by atoms with van der Waals surface area (Å²) < 4.78 is 41.9. The number of rotatable bonds is 5. The number of thiophene rings is 1. The van der Waals surface area contributed by atoms with Crippen LogP contribution < -0.4 is 4.72 Å². The first-order chi connectivity index (χ1) is 12.8. The minimum absolute atomic E-state index is 0.0240. The van der Waals surface area contributed by atoms with Gasteiger partial charge in [-0.25, -0.2) is 17.5 Å². The van der Waals surface area contributed by atoms with E-state index in [1.54, 1.807) is 28.5 Å². The Morgan fingerprint density at radius 3 is 2.74 bits per heavy atom. The highest BCUT2D eigenvalue weighted by Crippen LogP contribution is 2.39. The number of nitrogens with zero attached hydrogens (tertiary/aromatic N) is 1. The second-order valence-electron chi connectivity index (χ2n) is 6.97. The lowest BCUT2D eigenvalue weighted by atomic mass is 10.0. The first-order valence-corrected chi connectivity index (χ1v) is 11.4. The summed E-state index contributed by atoms with van der Waals surface area (Å²) >= 11 is 7.20. The lowest BCUT2D eigenvalue weighted by Crippen LogP contribution is -2.48. The van der Waals surface area contributed by atoms with Crippen molar-refractivity contribution in [1.82, 2.24) is 9.62 Å². The second-order valence-corrected chi connectivity index (χ2v) is 10.3. The van der Waals surface area contributed by atoms with Gasteiger partial charge in [0.1, 0.15) is 10.0 Å². The van der Waals surface area contributed by atoms with Gasteiger partial charge in [0.25, 0.3) is 0 Å². The molecule has 0 radical (unpaired) electrons. The molecule has 0 unspecified atom stereocenters. The quantitative estimate of drug-likeness (QED) is 0.795. The molecule has 144 valence electrons. The highest BCUT2D eigenvalue weighted by atomic mass is 35.5. The van der Waals surface area contributed by atoms with Crippen LogP contribution in [0.3, 0.4) is 0 Å². The summed E-state index contributed by atoms with van der Waals surface area (Å²) in [5.74, 6) is -0.583. The van der Waals surface area contributed by atoms with Gasteiger partial charge in [-0.1, -0.05) is 23.7 Å². The van der Waals surface area contributed by atoms with Crippen molar-refractivity contribution in [3.05, 3.63) is 52.1 Å². The summed E-state index contributed by atoms with van der Waals surface area (Å²) in [7, 11) is -3.52. The maximum atomic E-state index is 13.9. The van der Waals surface area contributed by atoms with Crippen LogP contribution in [0.1, 0.15) is 18.4 Å². The summed E-state index contributed by atoms with van der Waals surface area (Å²) in [5, 5.41) is 1.97. The molecule has 5 nitrogen and oxygen atoms in total. The van der Waals surface area contributed by atoms with Crippen molar-refractivity contribution < 1.29 is 17.6 Å². The van der Waals surface area contributed by atoms with Crippen LogP contribution in [0, 0.1) is 11.7 Å². The van der Waals surface area contributed by atoms with Gasteiger partial charge in [-0.2, -0.15) is 0 Å². The van der Waals surface area contributed by atoms with E-state index >= 15 is 0 Å².